The van der Waals surface area contributed by atoms with Crippen LogP contribution in [0.25, 0.3) is 5.76 Å². The lowest BCUT2D eigenvalue weighted by Crippen LogP contribution is -2.29. The van der Waals surface area contributed by atoms with Crippen LogP contribution in [0.3, 0.4) is 0 Å². The molecule has 1 saturated heterocycles. The average molecular weight is 608 g/mol. The molecule has 2 aliphatic heterocycles. The first-order chi connectivity index (χ1) is 19.9. The van der Waals surface area contributed by atoms with Crippen molar-refractivity contribution >= 4 is 57.3 Å². The first-order valence-electron chi connectivity index (χ1n) is 12.5. The highest BCUT2D eigenvalue weighted by Crippen LogP contribution is 2.45. The van der Waals surface area contributed by atoms with Gasteiger partial charge in [0.1, 0.15) is 24.7 Å². The molecule has 0 radical (unpaired) electrons. The molecule has 2 aliphatic rings. The van der Waals surface area contributed by atoms with Gasteiger partial charge in [-0.2, -0.15) is 0 Å². The lowest BCUT2D eigenvalue weighted by atomic mass is 9.95. The van der Waals surface area contributed by atoms with Gasteiger partial charge in [-0.25, -0.2) is 0 Å². The molecule has 1 atom stereocenters. The van der Waals surface area contributed by atoms with Crippen LogP contribution in [0.4, 0.5) is 5.13 Å². The summed E-state index contributed by atoms with van der Waals surface area (Å²) in [5, 5.41) is 20.9. The molecule has 41 heavy (non-hydrogen) atoms. The van der Waals surface area contributed by atoms with E-state index in [4.69, 9.17) is 25.8 Å². The zero-order chi connectivity index (χ0) is 28.5. The van der Waals surface area contributed by atoms with Gasteiger partial charge in [-0.1, -0.05) is 59.0 Å². The van der Waals surface area contributed by atoms with E-state index in [9.17, 15) is 14.7 Å². The SMILES string of the molecule is COc1ccc([C@H]2/C(=C(\O)c3ccc4c(c3)OCCO4)C(=O)C(=O)N2c2nnc(SCc3ccc(Cl)cc3)s2)cc1. The van der Waals surface area contributed by atoms with Crippen LogP contribution in [0.5, 0.6) is 17.2 Å². The topological polar surface area (TPSA) is 111 Å². The minimum absolute atomic E-state index is 0.0672. The molecule has 12 heteroatoms. The third kappa shape index (κ3) is 5.35. The van der Waals surface area contributed by atoms with E-state index < -0.39 is 17.7 Å². The summed E-state index contributed by atoms with van der Waals surface area (Å²) in [6.07, 6.45) is 0. The smallest absolute Gasteiger partial charge is 0.301 e. The lowest BCUT2D eigenvalue weighted by Gasteiger charge is -2.23. The fraction of sp³-hybridized carbons (Fsp3) is 0.172. The Bertz CT molecular complexity index is 1660. The summed E-state index contributed by atoms with van der Waals surface area (Å²) in [5.41, 5.74) is 1.90. The molecule has 208 valence electrons. The number of hydrogen-bond donors (Lipinski definition) is 1. The van der Waals surface area contributed by atoms with Gasteiger partial charge < -0.3 is 19.3 Å². The van der Waals surface area contributed by atoms with Crippen molar-refractivity contribution in [3.8, 4) is 17.2 Å². The highest BCUT2D eigenvalue weighted by molar-refractivity contribution is 8.00. The van der Waals surface area contributed by atoms with Gasteiger partial charge in [-0.15, -0.1) is 10.2 Å². The summed E-state index contributed by atoms with van der Waals surface area (Å²) in [5.74, 6) is 0.245. The molecule has 9 nitrogen and oxygen atoms in total. The van der Waals surface area contributed by atoms with Crippen molar-refractivity contribution in [3.63, 3.8) is 0 Å². The number of aliphatic hydroxyl groups is 1. The first-order valence-corrected chi connectivity index (χ1v) is 14.7. The van der Waals surface area contributed by atoms with Crippen LogP contribution in [0.2, 0.25) is 5.02 Å². The van der Waals surface area contributed by atoms with Gasteiger partial charge >= 0.3 is 5.91 Å². The molecule has 6 rings (SSSR count). The molecule has 0 saturated carbocycles. The van der Waals surface area contributed by atoms with Gasteiger partial charge in [0.2, 0.25) is 5.13 Å². The Labute approximate surface area is 248 Å². The van der Waals surface area contributed by atoms with Crippen LogP contribution in [-0.2, 0) is 15.3 Å². The largest absolute Gasteiger partial charge is 0.507 e. The lowest BCUT2D eigenvalue weighted by molar-refractivity contribution is -0.132. The fourth-order valence-corrected chi connectivity index (χ4v) is 6.51. The van der Waals surface area contributed by atoms with Crippen molar-refractivity contribution in [1.82, 2.24) is 10.2 Å². The molecular weight excluding hydrogens is 586 g/mol. The van der Waals surface area contributed by atoms with E-state index in [0.29, 0.717) is 56.7 Å². The number of nitrogens with zero attached hydrogens (tertiary/aromatic N) is 3. The molecule has 1 aromatic heterocycles. The minimum atomic E-state index is -0.948. The Morgan fingerprint density at radius 2 is 1.78 bits per heavy atom. The molecule has 0 unspecified atom stereocenters. The highest BCUT2D eigenvalue weighted by atomic mass is 35.5. The molecule has 1 amide bonds. The number of anilines is 1. The number of thioether (sulfide) groups is 1. The number of aliphatic hydroxyl groups excluding tert-OH is 1. The Hall–Kier alpha value is -4.06. The number of benzene rings is 3. The number of ketones is 1. The molecule has 3 heterocycles. The van der Waals surface area contributed by atoms with Gasteiger partial charge in [-0.3, -0.25) is 14.5 Å². The number of rotatable bonds is 7. The van der Waals surface area contributed by atoms with E-state index >= 15 is 0 Å². The molecule has 1 fully saturated rings. The maximum absolute atomic E-state index is 13.5. The number of aromatic nitrogens is 2. The Kier molecular flexibility index (Phi) is 7.57. The standard InChI is InChI=1S/C29H22ClN3O6S2/c1-37-20-9-4-17(5-10-20)24-23(25(34)18-6-11-21-22(14-18)39-13-12-38-21)26(35)27(36)33(24)28-31-32-29(41-28)40-15-16-2-7-19(30)8-3-16/h2-11,14,24,34H,12-13,15H2,1H3/b25-23+/t24-/m0/s1. The maximum Gasteiger partial charge on any atom is 0.301 e. The first kappa shape index (κ1) is 27.1. The summed E-state index contributed by atoms with van der Waals surface area (Å²) in [7, 11) is 1.55. The number of hydrogen-bond acceptors (Lipinski definition) is 10. The molecule has 4 aromatic rings. The summed E-state index contributed by atoms with van der Waals surface area (Å²) in [6, 6.07) is 18.4. The van der Waals surface area contributed by atoms with Gasteiger partial charge in [0.15, 0.2) is 15.8 Å². The van der Waals surface area contributed by atoms with Crippen molar-refractivity contribution in [2.24, 2.45) is 0 Å². The van der Waals surface area contributed by atoms with E-state index in [0.717, 1.165) is 5.56 Å². The second-order valence-corrected chi connectivity index (χ2v) is 11.7. The maximum atomic E-state index is 13.5. The predicted octanol–water partition coefficient (Wildman–Crippen LogP) is 5.89. The van der Waals surface area contributed by atoms with E-state index in [2.05, 4.69) is 10.2 Å². The predicted molar refractivity (Wildman–Crippen MR) is 156 cm³/mol. The molecule has 0 bridgehead atoms. The van der Waals surface area contributed by atoms with Crippen LogP contribution >= 0.6 is 34.7 Å². The second kappa shape index (κ2) is 11.4. The van der Waals surface area contributed by atoms with E-state index in [1.165, 1.54) is 28.0 Å². The van der Waals surface area contributed by atoms with Gasteiger partial charge in [0.05, 0.1) is 18.7 Å². The van der Waals surface area contributed by atoms with E-state index in [-0.39, 0.29) is 16.5 Å². The zero-order valence-electron chi connectivity index (χ0n) is 21.6. The van der Waals surface area contributed by atoms with Crippen LogP contribution in [-0.4, -0.2) is 47.3 Å². The number of methoxy groups -OCH3 is 1. The number of carbonyl (C=O) groups is 2. The van der Waals surface area contributed by atoms with Gasteiger partial charge in [0, 0.05) is 16.3 Å². The highest BCUT2D eigenvalue weighted by Gasteiger charge is 2.48. The van der Waals surface area contributed by atoms with Gasteiger partial charge in [-0.05, 0) is 53.6 Å². The van der Waals surface area contributed by atoms with Crippen molar-refractivity contribution in [2.45, 2.75) is 16.1 Å². The Morgan fingerprint density at radius 3 is 2.51 bits per heavy atom. The third-order valence-corrected chi connectivity index (χ3v) is 8.95. The normalized spacial score (nSPS) is 17.6. The second-order valence-electron chi connectivity index (χ2n) is 9.07. The fourth-order valence-electron chi connectivity index (χ4n) is 4.56. The van der Waals surface area contributed by atoms with Crippen molar-refractivity contribution in [1.29, 1.82) is 0 Å². The van der Waals surface area contributed by atoms with Crippen molar-refractivity contribution in [2.75, 3.05) is 25.2 Å². The van der Waals surface area contributed by atoms with Crippen LogP contribution < -0.4 is 19.1 Å². The van der Waals surface area contributed by atoms with Crippen molar-refractivity contribution < 1.29 is 28.9 Å². The van der Waals surface area contributed by atoms with E-state index in [1.54, 1.807) is 49.6 Å². The van der Waals surface area contributed by atoms with Crippen molar-refractivity contribution in [3.05, 3.63) is 94.0 Å². The summed E-state index contributed by atoms with van der Waals surface area (Å²) < 4.78 is 17.1. The molecule has 0 aliphatic carbocycles. The number of Topliss-reactive ketones (excluding diaryl/α,β-unsaturated/α-hetero) is 1. The quantitative estimate of drug-likeness (QED) is 0.0903. The monoisotopic (exact) mass is 607 g/mol. The molecular formula is C29H22ClN3O6S2. The number of ether oxygens (including phenoxy) is 3. The average Bonchev–Trinajstić information content (AvgIpc) is 3.58. The Morgan fingerprint density at radius 1 is 1.05 bits per heavy atom. The molecule has 1 N–H and O–H groups in total. The zero-order valence-corrected chi connectivity index (χ0v) is 24.0. The molecule has 3 aromatic carbocycles. The number of fused-ring (bicyclic) bond motifs is 1. The van der Waals surface area contributed by atoms with Crippen LogP contribution in [0.15, 0.2) is 76.6 Å². The number of amides is 1. The third-order valence-electron chi connectivity index (χ3n) is 6.57. The summed E-state index contributed by atoms with van der Waals surface area (Å²) in [6.45, 7) is 0.783. The summed E-state index contributed by atoms with van der Waals surface area (Å²) in [4.78, 5) is 28.3. The Balaban J connectivity index is 1.38. The number of carbonyl (C=O) groups excluding carboxylic acids is 2. The number of halogens is 1. The molecule has 0 spiro atoms. The van der Waals surface area contributed by atoms with Crippen LogP contribution in [0.1, 0.15) is 22.7 Å². The van der Waals surface area contributed by atoms with E-state index in [1.807, 2.05) is 24.3 Å². The summed E-state index contributed by atoms with van der Waals surface area (Å²) >= 11 is 8.63. The van der Waals surface area contributed by atoms with Gasteiger partial charge in [0.25, 0.3) is 5.78 Å². The minimum Gasteiger partial charge on any atom is -0.507 e. The van der Waals surface area contributed by atoms with Crippen LogP contribution in [0, 0.1) is 0 Å².